The third-order valence-electron chi connectivity index (χ3n) is 7.17. The number of benzene rings is 2. The molecule has 0 aliphatic heterocycles. The molecule has 0 fully saturated rings. The predicted molar refractivity (Wildman–Crippen MR) is 155 cm³/mol. The summed E-state index contributed by atoms with van der Waals surface area (Å²) >= 11 is 0. The Morgan fingerprint density at radius 3 is 2.07 bits per heavy atom. The summed E-state index contributed by atoms with van der Waals surface area (Å²) in [5, 5.41) is 11.5. The molecule has 0 bridgehead atoms. The maximum Gasteiger partial charge on any atom is 0.336 e. The van der Waals surface area contributed by atoms with Gasteiger partial charge in [0.05, 0.1) is 15.8 Å². The average Bonchev–Trinajstić information content (AvgIpc) is 2.97. The van der Waals surface area contributed by atoms with Crippen molar-refractivity contribution in [1.29, 1.82) is 0 Å². The standard InChI is InChI=1S/C31H37NO10/c1-5-31(4,29(35)41-20-18-39-25-11-7-22-8-14-27(33)42-26(22)21-25)16-6-15-30(2,3)28(34)40-19-17-38-24-12-9-23(10-13-24)32(36)37/h7-14,21H,5-6,15-20H2,1-4H3. The van der Waals surface area contributed by atoms with Gasteiger partial charge in [-0.1, -0.05) is 13.3 Å². The van der Waals surface area contributed by atoms with Crippen molar-refractivity contribution in [3.8, 4) is 11.5 Å². The van der Waals surface area contributed by atoms with Crippen LogP contribution in [0.1, 0.15) is 53.4 Å². The fourth-order valence-electron chi connectivity index (χ4n) is 4.20. The molecule has 2 aromatic carbocycles. The summed E-state index contributed by atoms with van der Waals surface area (Å²) in [6.07, 6.45) is 2.23. The lowest BCUT2D eigenvalue weighted by molar-refractivity contribution is -0.384. The van der Waals surface area contributed by atoms with Crippen LogP contribution in [0.15, 0.2) is 63.8 Å². The molecule has 42 heavy (non-hydrogen) atoms. The first-order valence-corrected chi connectivity index (χ1v) is 13.8. The van der Waals surface area contributed by atoms with E-state index >= 15 is 0 Å². The van der Waals surface area contributed by atoms with Gasteiger partial charge in [0.2, 0.25) is 0 Å². The van der Waals surface area contributed by atoms with Gasteiger partial charge in [-0.15, -0.1) is 0 Å². The third kappa shape index (κ3) is 9.05. The van der Waals surface area contributed by atoms with Crippen molar-refractivity contribution in [3.05, 3.63) is 75.1 Å². The van der Waals surface area contributed by atoms with Crippen molar-refractivity contribution >= 4 is 28.6 Å². The molecule has 3 aromatic rings. The highest BCUT2D eigenvalue weighted by molar-refractivity contribution is 5.78. The second-order valence-electron chi connectivity index (χ2n) is 10.8. The quantitative estimate of drug-likeness (QED) is 0.0661. The van der Waals surface area contributed by atoms with E-state index in [-0.39, 0.29) is 44.1 Å². The Labute approximate surface area is 243 Å². The summed E-state index contributed by atoms with van der Waals surface area (Å²) < 4.78 is 27.2. The van der Waals surface area contributed by atoms with Gasteiger partial charge in [0.15, 0.2) is 0 Å². The first kappa shape index (κ1) is 32.1. The number of nitro benzene ring substituents is 1. The lowest BCUT2D eigenvalue weighted by Crippen LogP contribution is -2.32. The average molecular weight is 584 g/mol. The molecule has 0 aliphatic rings. The number of hydrogen-bond acceptors (Lipinski definition) is 10. The van der Waals surface area contributed by atoms with Crippen LogP contribution < -0.4 is 15.1 Å². The van der Waals surface area contributed by atoms with Gasteiger partial charge in [0, 0.05) is 29.7 Å². The minimum atomic E-state index is -0.765. The maximum atomic E-state index is 12.9. The van der Waals surface area contributed by atoms with Gasteiger partial charge in [-0.05, 0) is 70.4 Å². The largest absolute Gasteiger partial charge is 0.490 e. The van der Waals surface area contributed by atoms with E-state index in [1.54, 1.807) is 38.1 Å². The summed E-state index contributed by atoms with van der Waals surface area (Å²) in [4.78, 5) is 47.2. The van der Waals surface area contributed by atoms with Crippen LogP contribution in [0.25, 0.3) is 11.0 Å². The van der Waals surface area contributed by atoms with Crippen LogP contribution in [-0.2, 0) is 19.1 Å². The lowest BCUT2D eigenvalue weighted by Gasteiger charge is -2.28. The first-order chi connectivity index (χ1) is 19.9. The zero-order valence-corrected chi connectivity index (χ0v) is 24.4. The van der Waals surface area contributed by atoms with Crippen molar-refractivity contribution in [2.75, 3.05) is 26.4 Å². The first-order valence-electron chi connectivity index (χ1n) is 13.8. The Morgan fingerprint density at radius 1 is 0.833 bits per heavy atom. The molecule has 226 valence electrons. The van der Waals surface area contributed by atoms with Gasteiger partial charge in [0.1, 0.15) is 43.5 Å². The maximum absolute atomic E-state index is 12.9. The zero-order valence-electron chi connectivity index (χ0n) is 24.4. The van der Waals surface area contributed by atoms with Crippen LogP contribution in [0.5, 0.6) is 11.5 Å². The molecule has 0 N–H and O–H groups in total. The van der Waals surface area contributed by atoms with Gasteiger partial charge in [-0.2, -0.15) is 0 Å². The van der Waals surface area contributed by atoms with Crippen LogP contribution in [0.2, 0.25) is 0 Å². The summed E-state index contributed by atoms with van der Waals surface area (Å²) in [6, 6.07) is 13.8. The summed E-state index contributed by atoms with van der Waals surface area (Å²) in [7, 11) is 0. The van der Waals surface area contributed by atoms with E-state index in [1.807, 2.05) is 13.8 Å². The SMILES string of the molecule is CCC(C)(CCCC(C)(C)C(=O)OCCOc1ccc([N+](=O)[O-])cc1)C(=O)OCCOc1ccc2ccc(=O)oc2c1. The molecule has 11 nitrogen and oxygen atoms in total. The minimum Gasteiger partial charge on any atom is -0.490 e. The second kappa shape index (κ2) is 14.5. The highest BCUT2D eigenvalue weighted by Crippen LogP contribution is 2.33. The smallest absolute Gasteiger partial charge is 0.336 e. The number of carbonyl (C=O) groups is 2. The normalized spacial score (nSPS) is 12.8. The molecule has 0 spiro atoms. The molecular weight excluding hydrogens is 546 g/mol. The predicted octanol–water partition coefficient (Wildman–Crippen LogP) is 5.86. The van der Waals surface area contributed by atoms with Crippen molar-refractivity contribution in [2.45, 2.75) is 53.4 Å². The Hall–Kier alpha value is -4.41. The van der Waals surface area contributed by atoms with Gasteiger partial charge in [-0.3, -0.25) is 19.7 Å². The van der Waals surface area contributed by atoms with Crippen LogP contribution in [0, 0.1) is 20.9 Å². The number of carbonyl (C=O) groups excluding carboxylic acids is 2. The Morgan fingerprint density at radius 2 is 1.43 bits per heavy atom. The zero-order chi connectivity index (χ0) is 30.8. The van der Waals surface area contributed by atoms with E-state index < -0.39 is 21.4 Å². The van der Waals surface area contributed by atoms with Crippen molar-refractivity contribution in [3.63, 3.8) is 0 Å². The minimum absolute atomic E-state index is 0.0349. The van der Waals surface area contributed by atoms with E-state index in [0.29, 0.717) is 42.8 Å². The van der Waals surface area contributed by atoms with E-state index in [9.17, 15) is 24.5 Å². The van der Waals surface area contributed by atoms with Crippen molar-refractivity contribution in [1.82, 2.24) is 0 Å². The molecular formula is C31H37NO10. The van der Waals surface area contributed by atoms with Crippen LogP contribution in [-0.4, -0.2) is 43.3 Å². The fourth-order valence-corrected chi connectivity index (χ4v) is 4.20. The molecule has 0 aliphatic carbocycles. The topological polar surface area (TPSA) is 144 Å². The molecule has 0 saturated carbocycles. The number of ether oxygens (including phenoxy) is 4. The molecule has 1 unspecified atom stereocenters. The van der Waals surface area contributed by atoms with Gasteiger partial charge >= 0.3 is 17.6 Å². The number of fused-ring (bicyclic) bond motifs is 1. The highest BCUT2D eigenvalue weighted by Gasteiger charge is 2.35. The van der Waals surface area contributed by atoms with Gasteiger partial charge < -0.3 is 23.4 Å². The van der Waals surface area contributed by atoms with Crippen LogP contribution >= 0.6 is 0 Å². The summed E-state index contributed by atoms with van der Waals surface area (Å²) in [5.41, 5.74) is -1.55. The second-order valence-corrected chi connectivity index (χ2v) is 10.8. The van der Waals surface area contributed by atoms with Crippen LogP contribution in [0.3, 0.4) is 0 Å². The summed E-state index contributed by atoms with van der Waals surface area (Å²) in [5.74, 6) is 0.234. The van der Waals surface area contributed by atoms with Crippen molar-refractivity contribution < 1.29 is 37.9 Å². The highest BCUT2D eigenvalue weighted by atomic mass is 16.6. The molecule has 11 heteroatoms. The van der Waals surface area contributed by atoms with Gasteiger partial charge in [-0.25, -0.2) is 4.79 Å². The molecule has 1 heterocycles. The number of hydrogen-bond donors (Lipinski definition) is 0. The third-order valence-corrected chi connectivity index (χ3v) is 7.17. The number of nitro groups is 1. The Balaban J connectivity index is 1.37. The van der Waals surface area contributed by atoms with E-state index in [0.717, 1.165) is 5.39 Å². The van der Waals surface area contributed by atoms with Gasteiger partial charge in [0.25, 0.3) is 5.69 Å². The molecule has 1 atom stereocenters. The molecule has 1 aromatic heterocycles. The van der Waals surface area contributed by atoms with Crippen molar-refractivity contribution in [2.24, 2.45) is 10.8 Å². The van der Waals surface area contributed by atoms with E-state index in [4.69, 9.17) is 23.4 Å². The van der Waals surface area contributed by atoms with E-state index in [1.165, 1.54) is 30.3 Å². The molecule has 0 saturated heterocycles. The fraction of sp³-hybridized carbons (Fsp3) is 0.452. The number of esters is 2. The number of nitrogens with zero attached hydrogens (tertiary/aromatic N) is 1. The Kier molecular flexibility index (Phi) is 11.1. The molecule has 0 radical (unpaired) electrons. The molecule has 0 amide bonds. The Bertz CT molecular complexity index is 1430. The summed E-state index contributed by atoms with van der Waals surface area (Å²) in [6.45, 7) is 7.71. The van der Waals surface area contributed by atoms with Crippen LogP contribution in [0.4, 0.5) is 5.69 Å². The lowest BCUT2D eigenvalue weighted by atomic mass is 9.79. The number of rotatable bonds is 16. The monoisotopic (exact) mass is 583 g/mol. The molecule has 3 rings (SSSR count). The number of non-ortho nitro benzene ring substituents is 1. The van der Waals surface area contributed by atoms with E-state index in [2.05, 4.69) is 0 Å².